The maximum atomic E-state index is 12.8. The molecule has 3 N–H and O–H groups in total. The molecule has 2 rings (SSSR count). The second kappa shape index (κ2) is 5.80. The van der Waals surface area contributed by atoms with E-state index in [1.165, 1.54) is 18.2 Å². The van der Waals surface area contributed by atoms with Gasteiger partial charge in [-0.2, -0.15) is 0 Å². The summed E-state index contributed by atoms with van der Waals surface area (Å²) in [6, 6.07) is 3.33. The van der Waals surface area contributed by atoms with Crippen molar-refractivity contribution in [3.05, 3.63) is 18.2 Å². The number of amides is 1. The molecule has 1 amide bonds. The van der Waals surface area contributed by atoms with Crippen LogP contribution in [0.1, 0.15) is 13.8 Å². The Balaban J connectivity index is 0.00000200. The van der Waals surface area contributed by atoms with Gasteiger partial charge in [-0.3, -0.25) is 4.79 Å². The molecule has 112 valence electrons. The Morgan fingerprint density at radius 1 is 1.30 bits per heavy atom. The SMILES string of the molecule is CC(C)C(N)C(=O)Nc1ccc2c(c1)OC(F)(F)O2.Cl. The molecule has 1 aromatic rings. The normalized spacial score (nSPS) is 16.5. The smallest absolute Gasteiger partial charge is 0.395 e. The van der Waals surface area contributed by atoms with Crippen LogP contribution in [0.25, 0.3) is 0 Å². The fraction of sp³-hybridized carbons (Fsp3) is 0.417. The maximum absolute atomic E-state index is 12.8. The molecule has 0 saturated heterocycles. The predicted molar refractivity (Wildman–Crippen MR) is 71.3 cm³/mol. The Kier molecular flexibility index (Phi) is 4.77. The highest BCUT2D eigenvalue weighted by Gasteiger charge is 2.43. The van der Waals surface area contributed by atoms with E-state index < -0.39 is 12.3 Å². The molecule has 0 spiro atoms. The van der Waals surface area contributed by atoms with Gasteiger partial charge in [-0.1, -0.05) is 13.8 Å². The van der Waals surface area contributed by atoms with Crippen LogP contribution in [0.5, 0.6) is 11.5 Å². The number of ether oxygens (including phenoxy) is 2. The first kappa shape index (κ1) is 16.5. The standard InChI is InChI=1S/C12H14F2N2O3.ClH/c1-6(2)10(15)11(17)16-7-3-4-8-9(5-7)19-12(13,14)18-8;/h3-6,10H,15H2,1-2H3,(H,16,17);1H. The Bertz CT molecular complexity index is 511. The lowest BCUT2D eigenvalue weighted by molar-refractivity contribution is -0.286. The van der Waals surface area contributed by atoms with Gasteiger partial charge in [0.2, 0.25) is 5.91 Å². The van der Waals surface area contributed by atoms with E-state index in [-0.39, 0.29) is 35.7 Å². The van der Waals surface area contributed by atoms with Gasteiger partial charge in [0, 0.05) is 11.8 Å². The molecule has 1 atom stereocenters. The van der Waals surface area contributed by atoms with Crippen LogP contribution in [0, 0.1) is 5.92 Å². The number of hydrogen-bond donors (Lipinski definition) is 2. The Morgan fingerprint density at radius 3 is 2.50 bits per heavy atom. The van der Waals surface area contributed by atoms with E-state index in [1.54, 1.807) is 0 Å². The summed E-state index contributed by atoms with van der Waals surface area (Å²) in [6.45, 7) is 3.62. The molecule has 0 aromatic heterocycles. The summed E-state index contributed by atoms with van der Waals surface area (Å²) in [5.41, 5.74) is 6.00. The highest BCUT2D eigenvalue weighted by Crippen LogP contribution is 2.42. The molecule has 1 unspecified atom stereocenters. The Hall–Kier alpha value is -1.60. The van der Waals surface area contributed by atoms with Crippen molar-refractivity contribution in [3.8, 4) is 11.5 Å². The van der Waals surface area contributed by atoms with Crippen molar-refractivity contribution in [2.24, 2.45) is 11.7 Å². The van der Waals surface area contributed by atoms with Crippen molar-refractivity contribution in [3.63, 3.8) is 0 Å². The van der Waals surface area contributed by atoms with E-state index in [2.05, 4.69) is 14.8 Å². The summed E-state index contributed by atoms with van der Waals surface area (Å²) in [6.07, 6.45) is -3.67. The van der Waals surface area contributed by atoms with Crippen molar-refractivity contribution in [2.75, 3.05) is 5.32 Å². The van der Waals surface area contributed by atoms with E-state index in [9.17, 15) is 13.6 Å². The van der Waals surface area contributed by atoms with E-state index in [0.29, 0.717) is 5.69 Å². The molecule has 1 aliphatic heterocycles. The van der Waals surface area contributed by atoms with Crippen LogP contribution in [-0.4, -0.2) is 18.2 Å². The number of halogens is 3. The summed E-state index contributed by atoms with van der Waals surface area (Å²) in [7, 11) is 0. The molecule has 1 aliphatic rings. The van der Waals surface area contributed by atoms with E-state index in [1.807, 2.05) is 13.8 Å². The maximum Gasteiger partial charge on any atom is 0.586 e. The van der Waals surface area contributed by atoms with Gasteiger partial charge >= 0.3 is 6.29 Å². The molecule has 8 heteroatoms. The first-order chi connectivity index (χ1) is 8.78. The average Bonchev–Trinajstić information content (AvgIpc) is 2.60. The lowest BCUT2D eigenvalue weighted by atomic mass is 10.0. The number of fused-ring (bicyclic) bond motifs is 1. The fourth-order valence-corrected chi connectivity index (χ4v) is 1.56. The molecule has 0 aliphatic carbocycles. The van der Waals surface area contributed by atoms with Gasteiger partial charge < -0.3 is 20.5 Å². The number of hydrogen-bond acceptors (Lipinski definition) is 4. The number of anilines is 1. The zero-order valence-electron chi connectivity index (χ0n) is 10.9. The van der Waals surface area contributed by atoms with Gasteiger partial charge in [-0.25, -0.2) is 0 Å². The predicted octanol–water partition coefficient (Wildman–Crippen LogP) is 2.35. The summed E-state index contributed by atoms with van der Waals surface area (Å²) in [4.78, 5) is 11.7. The number of alkyl halides is 2. The molecule has 5 nitrogen and oxygen atoms in total. The third kappa shape index (κ3) is 3.49. The van der Waals surface area contributed by atoms with Crippen molar-refractivity contribution in [1.82, 2.24) is 0 Å². The van der Waals surface area contributed by atoms with Gasteiger partial charge in [-0.05, 0) is 18.1 Å². The Labute approximate surface area is 120 Å². The summed E-state index contributed by atoms with van der Waals surface area (Å²) >= 11 is 0. The molecule has 0 bridgehead atoms. The van der Waals surface area contributed by atoms with Crippen molar-refractivity contribution in [2.45, 2.75) is 26.2 Å². The Morgan fingerprint density at radius 2 is 1.90 bits per heavy atom. The minimum Gasteiger partial charge on any atom is -0.395 e. The summed E-state index contributed by atoms with van der Waals surface area (Å²) < 4.78 is 34.2. The molecule has 1 heterocycles. The number of carbonyl (C=O) groups is 1. The molecule has 0 radical (unpaired) electrons. The lowest BCUT2D eigenvalue weighted by Crippen LogP contribution is -2.39. The number of benzene rings is 1. The van der Waals surface area contributed by atoms with Crippen molar-refractivity contribution < 1.29 is 23.0 Å². The van der Waals surface area contributed by atoms with Gasteiger partial charge in [0.1, 0.15) is 0 Å². The first-order valence-electron chi connectivity index (χ1n) is 5.75. The molecule has 1 aromatic carbocycles. The zero-order chi connectivity index (χ0) is 14.2. The van der Waals surface area contributed by atoms with Crippen LogP contribution in [0.2, 0.25) is 0 Å². The number of rotatable bonds is 3. The highest BCUT2D eigenvalue weighted by atomic mass is 35.5. The number of nitrogens with two attached hydrogens (primary N) is 1. The minimum atomic E-state index is -3.67. The molecular formula is C12H15ClF2N2O3. The second-order valence-electron chi connectivity index (χ2n) is 4.59. The third-order valence-electron chi connectivity index (χ3n) is 2.69. The molecule has 0 saturated carbocycles. The molecular weight excluding hydrogens is 294 g/mol. The zero-order valence-corrected chi connectivity index (χ0v) is 11.7. The number of carbonyl (C=O) groups excluding carboxylic acids is 1. The summed E-state index contributed by atoms with van der Waals surface area (Å²) in [5.74, 6) is -0.615. The van der Waals surface area contributed by atoms with Gasteiger partial charge in [0.15, 0.2) is 11.5 Å². The average molecular weight is 309 g/mol. The quantitative estimate of drug-likeness (QED) is 0.899. The van der Waals surface area contributed by atoms with Crippen LogP contribution >= 0.6 is 12.4 Å². The topological polar surface area (TPSA) is 73.6 Å². The van der Waals surface area contributed by atoms with Crippen LogP contribution in [0.3, 0.4) is 0 Å². The largest absolute Gasteiger partial charge is 0.586 e. The van der Waals surface area contributed by atoms with Crippen LogP contribution in [-0.2, 0) is 4.79 Å². The van der Waals surface area contributed by atoms with E-state index in [4.69, 9.17) is 5.73 Å². The monoisotopic (exact) mass is 308 g/mol. The second-order valence-corrected chi connectivity index (χ2v) is 4.59. The number of nitrogens with one attached hydrogen (secondary N) is 1. The van der Waals surface area contributed by atoms with Gasteiger partial charge in [-0.15, -0.1) is 21.2 Å². The van der Waals surface area contributed by atoms with Gasteiger partial charge in [0.05, 0.1) is 6.04 Å². The third-order valence-corrected chi connectivity index (χ3v) is 2.69. The van der Waals surface area contributed by atoms with Crippen LogP contribution < -0.4 is 20.5 Å². The van der Waals surface area contributed by atoms with Gasteiger partial charge in [0.25, 0.3) is 0 Å². The van der Waals surface area contributed by atoms with E-state index in [0.717, 1.165) is 0 Å². The summed E-state index contributed by atoms with van der Waals surface area (Å²) in [5, 5.41) is 2.54. The van der Waals surface area contributed by atoms with Crippen molar-refractivity contribution >= 4 is 24.0 Å². The molecule has 20 heavy (non-hydrogen) atoms. The minimum absolute atomic E-state index is 0. The van der Waals surface area contributed by atoms with Crippen molar-refractivity contribution in [1.29, 1.82) is 0 Å². The van der Waals surface area contributed by atoms with Crippen LogP contribution in [0.4, 0.5) is 14.5 Å². The fourth-order valence-electron chi connectivity index (χ4n) is 1.56. The van der Waals surface area contributed by atoms with Crippen LogP contribution in [0.15, 0.2) is 18.2 Å². The molecule has 0 fully saturated rings. The highest BCUT2D eigenvalue weighted by molar-refractivity contribution is 5.95. The van der Waals surface area contributed by atoms with E-state index >= 15 is 0 Å². The lowest BCUT2D eigenvalue weighted by Gasteiger charge is -2.15. The first-order valence-corrected chi connectivity index (χ1v) is 5.75.